The van der Waals surface area contributed by atoms with Gasteiger partial charge in [0.05, 0.1) is 0 Å². The van der Waals surface area contributed by atoms with Crippen LogP contribution in [-0.2, 0) is 0 Å². The average Bonchev–Trinajstić information content (AvgIpc) is 2.30. The summed E-state index contributed by atoms with van der Waals surface area (Å²) in [7, 11) is 2.10. The highest BCUT2D eigenvalue weighted by molar-refractivity contribution is 5.46. The molecule has 0 radical (unpaired) electrons. The summed E-state index contributed by atoms with van der Waals surface area (Å²) in [5.74, 6) is 0.458. The molecule has 0 aromatic heterocycles. The maximum absolute atomic E-state index is 12.8. The lowest BCUT2D eigenvalue weighted by Gasteiger charge is -2.38. The van der Waals surface area contributed by atoms with Gasteiger partial charge in [-0.3, -0.25) is 0 Å². The Morgan fingerprint density at radius 2 is 2.00 bits per heavy atom. The molecule has 0 aliphatic carbocycles. The van der Waals surface area contributed by atoms with Crippen LogP contribution < -0.4 is 10.2 Å². The van der Waals surface area contributed by atoms with Gasteiger partial charge in [-0.1, -0.05) is 6.92 Å². The van der Waals surface area contributed by atoms with E-state index in [1.165, 1.54) is 12.1 Å². The third kappa shape index (κ3) is 2.35. The predicted molar refractivity (Wildman–Crippen MR) is 65.2 cm³/mol. The van der Waals surface area contributed by atoms with E-state index < -0.39 is 0 Å². The number of rotatable bonds is 2. The molecule has 1 saturated heterocycles. The number of halogens is 1. The van der Waals surface area contributed by atoms with Gasteiger partial charge in [-0.25, -0.2) is 4.39 Å². The van der Waals surface area contributed by atoms with Gasteiger partial charge in [0.25, 0.3) is 0 Å². The molecule has 1 fully saturated rings. The van der Waals surface area contributed by atoms with E-state index in [1.54, 1.807) is 0 Å². The molecular formula is C13H19FN2. The first-order valence-corrected chi connectivity index (χ1v) is 5.87. The minimum atomic E-state index is -0.171. The maximum Gasteiger partial charge on any atom is 0.123 e. The Balaban J connectivity index is 2.11. The third-order valence-electron chi connectivity index (χ3n) is 3.47. The molecular weight excluding hydrogens is 203 g/mol. The van der Waals surface area contributed by atoms with Crippen molar-refractivity contribution in [2.45, 2.75) is 19.4 Å². The maximum atomic E-state index is 12.8. The van der Waals surface area contributed by atoms with Crippen molar-refractivity contribution in [1.82, 2.24) is 5.32 Å². The summed E-state index contributed by atoms with van der Waals surface area (Å²) in [4.78, 5) is 2.27. The van der Waals surface area contributed by atoms with Crippen LogP contribution in [-0.4, -0.2) is 26.2 Å². The van der Waals surface area contributed by atoms with Crippen LogP contribution in [0.4, 0.5) is 10.1 Å². The van der Waals surface area contributed by atoms with Gasteiger partial charge in [0.15, 0.2) is 0 Å². The van der Waals surface area contributed by atoms with E-state index in [-0.39, 0.29) is 5.82 Å². The van der Waals surface area contributed by atoms with Crippen LogP contribution in [0.5, 0.6) is 0 Å². The van der Waals surface area contributed by atoms with Crippen molar-refractivity contribution in [1.29, 1.82) is 0 Å². The zero-order valence-electron chi connectivity index (χ0n) is 9.91. The number of piperidine rings is 1. The fourth-order valence-corrected chi connectivity index (χ4v) is 2.44. The molecule has 0 saturated carbocycles. The summed E-state index contributed by atoms with van der Waals surface area (Å²) in [5.41, 5.74) is 1.10. The summed E-state index contributed by atoms with van der Waals surface area (Å²) in [6.45, 7) is 4.40. The van der Waals surface area contributed by atoms with E-state index in [1.807, 2.05) is 12.1 Å². The molecule has 1 aromatic carbocycles. The zero-order valence-corrected chi connectivity index (χ0v) is 9.91. The lowest BCUT2D eigenvalue weighted by atomic mass is 9.93. The Labute approximate surface area is 96.5 Å². The van der Waals surface area contributed by atoms with Crippen LogP contribution in [0.3, 0.4) is 0 Å². The van der Waals surface area contributed by atoms with Crippen molar-refractivity contribution in [2.75, 3.05) is 25.0 Å². The molecule has 2 unspecified atom stereocenters. The molecule has 0 amide bonds. The molecule has 2 nitrogen and oxygen atoms in total. The van der Waals surface area contributed by atoms with Crippen molar-refractivity contribution >= 4 is 5.69 Å². The molecule has 2 atom stereocenters. The van der Waals surface area contributed by atoms with E-state index in [4.69, 9.17) is 0 Å². The largest absolute Gasteiger partial charge is 0.371 e. The summed E-state index contributed by atoms with van der Waals surface area (Å²) >= 11 is 0. The van der Waals surface area contributed by atoms with Gasteiger partial charge >= 0.3 is 0 Å². The molecule has 2 rings (SSSR count). The van der Waals surface area contributed by atoms with Gasteiger partial charge in [0, 0.05) is 18.8 Å². The topological polar surface area (TPSA) is 15.3 Å². The van der Waals surface area contributed by atoms with Crippen LogP contribution in [0, 0.1) is 11.7 Å². The van der Waals surface area contributed by atoms with E-state index >= 15 is 0 Å². The Morgan fingerprint density at radius 1 is 1.31 bits per heavy atom. The zero-order chi connectivity index (χ0) is 11.5. The molecule has 0 bridgehead atoms. The lowest BCUT2D eigenvalue weighted by Crippen LogP contribution is -2.47. The van der Waals surface area contributed by atoms with Crippen LogP contribution in [0.25, 0.3) is 0 Å². The number of hydrogen-bond acceptors (Lipinski definition) is 2. The number of hydrogen-bond donors (Lipinski definition) is 1. The van der Waals surface area contributed by atoms with Crippen LogP contribution in [0.1, 0.15) is 13.3 Å². The molecule has 1 aliphatic heterocycles. The number of anilines is 1. The van der Waals surface area contributed by atoms with Gasteiger partial charge in [0.1, 0.15) is 5.82 Å². The highest BCUT2D eigenvalue weighted by Gasteiger charge is 2.24. The van der Waals surface area contributed by atoms with E-state index in [2.05, 4.69) is 24.2 Å². The Kier molecular flexibility index (Phi) is 3.44. The van der Waals surface area contributed by atoms with Crippen molar-refractivity contribution in [3.05, 3.63) is 30.1 Å². The first-order valence-electron chi connectivity index (χ1n) is 5.87. The monoisotopic (exact) mass is 222 g/mol. The highest BCUT2D eigenvalue weighted by Crippen LogP contribution is 2.23. The second-order valence-corrected chi connectivity index (χ2v) is 4.62. The van der Waals surface area contributed by atoms with Crippen molar-refractivity contribution in [3.8, 4) is 0 Å². The summed E-state index contributed by atoms with van der Waals surface area (Å²) in [5, 5.41) is 3.39. The molecule has 1 N–H and O–H groups in total. The molecule has 16 heavy (non-hydrogen) atoms. The van der Waals surface area contributed by atoms with E-state index in [9.17, 15) is 4.39 Å². The first-order chi connectivity index (χ1) is 7.68. The van der Waals surface area contributed by atoms with Crippen molar-refractivity contribution < 1.29 is 4.39 Å². The van der Waals surface area contributed by atoms with E-state index in [0.717, 1.165) is 25.2 Å². The second kappa shape index (κ2) is 4.83. The molecule has 3 heteroatoms. The summed E-state index contributed by atoms with van der Waals surface area (Å²) in [6.07, 6.45) is 1.15. The fraction of sp³-hybridized carbons (Fsp3) is 0.538. The Hall–Kier alpha value is -1.09. The molecule has 1 aromatic rings. The quantitative estimate of drug-likeness (QED) is 0.825. The van der Waals surface area contributed by atoms with Gasteiger partial charge in [0.2, 0.25) is 0 Å². The first kappa shape index (κ1) is 11.4. The average molecular weight is 222 g/mol. The van der Waals surface area contributed by atoms with Crippen molar-refractivity contribution in [2.24, 2.45) is 5.92 Å². The summed E-state index contributed by atoms with van der Waals surface area (Å²) < 4.78 is 12.8. The van der Waals surface area contributed by atoms with Gasteiger partial charge in [-0.2, -0.15) is 0 Å². The lowest BCUT2D eigenvalue weighted by molar-refractivity contribution is 0.339. The number of benzene rings is 1. The third-order valence-corrected chi connectivity index (χ3v) is 3.47. The smallest absolute Gasteiger partial charge is 0.123 e. The van der Waals surface area contributed by atoms with Crippen LogP contribution in [0.2, 0.25) is 0 Å². The normalized spacial score (nSPS) is 25.4. The van der Waals surface area contributed by atoms with Gasteiger partial charge in [-0.15, -0.1) is 0 Å². The minimum absolute atomic E-state index is 0.171. The molecule has 1 aliphatic rings. The SMILES string of the molecule is CC1CNCCC1N(C)c1ccc(F)cc1. The Morgan fingerprint density at radius 3 is 2.62 bits per heavy atom. The number of nitrogens with one attached hydrogen (secondary N) is 1. The van der Waals surface area contributed by atoms with Crippen LogP contribution in [0.15, 0.2) is 24.3 Å². The van der Waals surface area contributed by atoms with Gasteiger partial charge in [-0.05, 0) is 49.7 Å². The Bertz CT molecular complexity index is 336. The second-order valence-electron chi connectivity index (χ2n) is 4.62. The fourth-order valence-electron chi connectivity index (χ4n) is 2.44. The molecule has 88 valence electrons. The van der Waals surface area contributed by atoms with Crippen molar-refractivity contribution in [3.63, 3.8) is 0 Å². The van der Waals surface area contributed by atoms with Gasteiger partial charge < -0.3 is 10.2 Å². The number of nitrogens with zero attached hydrogens (tertiary/aromatic N) is 1. The minimum Gasteiger partial charge on any atom is -0.371 e. The molecule has 1 heterocycles. The predicted octanol–water partition coefficient (Wildman–Crippen LogP) is 2.26. The van der Waals surface area contributed by atoms with E-state index in [0.29, 0.717) is 12.0 Å². The summed E-state index contributed by atoms with van der Waals surface area (Å²) in [6, 6.07) is 7.30. The standard InChI is InChI=1S/C13H19FN2/c1-10-9-15-8-7-13(10)16(2)12-5-3-11(14)4-6-12/h3-6,10,13,15H,7-9H2,1-2H3. The molecule has 0 spiro atoms. The highest BCUT2D eigenvalue weighted by atomic mass is 19.1. The van der Waals surface area contributed by atoms with Crippen LogP contribution >= 0.6 is 0 Å².